The van der Waals surface area contributed by atoms with Crippen LogP contribution in [-0.4, -0.2) is 64.9 Å². The molecule has 3 unspecified atom stereocenters. The lowest BCUT2D eigenvalue weighted by Gasteiger charge is -2.27. The van der Waals surface area contributed by atoms with Gasteiger partial charge < -0.3 is 26.4 Å². The van der Waals surface area contributed by atoms with Crippen LogP contribution in [0.2, 0.25) is 0 Å². The first-order valence-electron chi connectivity index (χ1n) is 11.3. The maximum absolute atomic E-state index is 13.2. The molecule has 0 aliphatic carbocycles. The quantitative estimate of drug-likeness (QED) is 0.401. The summed E-state index contributed by atoms with van der Waals surface area (Å²) in [5.41, 5.74) is 7.04. The molecule has 3 atom stereocenters. The Morgan fingerprint density at radius 3 is 2.00 bits per heavy atom. The van der Waals surface area contributed by atoms with E-state index in [0.717, 1.165) is 11.1 Å². The maximum Gasteiger partial charge on any atom is 0.326 e. The van der Waals surface area contributed by atoms with Crippen LogP contribution in [0.4, 0.5) is 0 Å². The molecule has 0 aromatic heterocycles. The SMILES string of the molecule is NCC(=O)N1CCCC1C(=O)NC(Cc1ccccc1)C(=O)NC(Cc1ccccc1)C(=O)O. The summed E-state index contributed by atoms with van der Waals surface area (Å²) >= 11 is 0. The number of nitrogens with two attached hydrogens (primary N) is 1. The Kier molecular flexibility index (Phi) is 8.75. The molecule has 0 spiro atoms. The van der Waals surface area contributed by atoms with E-state index in [1.165, 1.54) is 4.90 Å². The van der Waals surface area contributed by atoms with Crippen LogP contribution in [0, 0.1) is 0 Å². The number of hydrogen-bond acceptors (Lipinski definition) is 5. The van der Waals surface area contributed by atoms with Gasteiger partial charge in [-0.3, -0.25) is 14.4 Å². The molecule has 5 N–H and O–H groups in total. The zero-order valence-electron chi connectivity index (χ0n) is 18.9. The van der Waals surface area contributed by atoms with Gasteiger partial charge in [0.25, 0.3) is 0 Å². The van der Waals surface area contributed by atoms with Gasteiger partial charge in [0.2, 0.25) is 17.7 Å². The molecular weight excluding hydrogens is 436 g/mol. The number of nitrogens with one attached hydrogen (secondary N) is 2. The van der Waals surface area contributed by atoms with Gasteiger partial charge in [0.1, 0.15) is 18.1 Å². The van der Waals surface area contributed by atoms with Crippen molar-refractivity contribution in [1.29, 1.82) is 0 Å². The van der Waals surface area contributed by atoms with Gasteiger partial charge in [-0.1, -0.05) is 60.7 Å². The van der Waals surface area contributed by atoms with Crippen molar-refractivity contribution >= 4 is 23.7 Å². The Hall–Kier alpha value is -3.72. The van der Waals surface area contributed by atoms with E-state index >= 15 is 0 Å². The minimum Gasteiger partial charge on any atom is -0.480 e. The van der Waals surface area contributed by atoms with E-state index in [4.69, 9.17) is 5.73 Å². The number of amides is 3. The smallest absolute Gasteiger partial charge is 0.326 e. The van der Waals surface area contributed by atoms with Gasteiger partial charge in [-0.05, 0) is 24.0 Å². The molecule has 9 heteroatoms. The molecule has 1 aliphatic rings. The maximum atomic E-state index is 13.2. The summed E-state index contributed by atoms with van der Waals surface area (Å²) in [5, 5.41) is 15.0. The Balaban J connectivity index is 1.76. The molecule has 0 bridgehead atoms. The summed E-state index contributed by atoms with van der Waals surface area (Å²) in [6.45, 7) is 0.235. The first-order chi connectivity index (χ1) is 16.4. The first-order valence-corrected chi connectivity index (χ1v) is 11.3. The highest BCUT2D eigenvalue weighted by atomic mass is 16.4. The van der Waals surface area contributed by atoms with Crippen LogP contribution in [0.15, 0.2) is 60.7 Å². The van der Waals surface area contributed by atoms with E-state index in [1.807, 2.05) is 36.4 Å². The lowest BCUT2D eigenvalue weighted by Crippen LogP contribution is -2.56. The number of carboxylic acids is 1. The first kappa shape index (κ1) is 24.9. The van der Waals surface area contributed by atoms with Gasteiger partial charge >= 0.3 is 5.97 Å². The molecule has 0 saturated carbocycles. The van der Waals surface area contributed by atoms with Gasteiger partial charge in [-0.2, -0.15) is 0 Å². The summed E-state index contributed by atoms with van der Waals surface area (Å²) in [4.78, 5) is 51.6. The molecule has 34 heavy (non-hydrogen) atoms. The molecular formula is C25H30N4O5. The topological polar surface area (TPSA) is 142 Å². The summed E-state index contributed by atoms with van der Waals surface area (Å²) in [6, 6.07) is 15.2. The normalized spacial score (nSPS) is 17.0. The Morgan fingerprint density at radius 1 is 0.912 bits per heavy atom. The number of rotatable bonds is 10. The predicted molar refractivity (Wildman–Crippen MR) is 126 cm³/mol. The predicted octanol–water partition coefficient (Wildman–Crippen LogP) is 0.476. The van der Waals surface area contributed by atoms with Gasteiger partial charge in [0.05, 0.1) is 6.54 Å². The molecule has 0 radical (unpaired) electrons. The molecule has 1 heterocycles. The Morgan fingerprint density at radius 2 is 1.47 bits per heavy atom. The van der Waals surface area contributed by atoms with E-state index in [2.05, 4.69) is 10.6 Å². The second-order valence-electron chi connectivity index (χ2n) is 8.29. The highest BCUT2D eigenvalue weighted by molar-refractivity contribution is 5.94. The number of nitrogens with zero attached hydrogens (tertiary/aromatic N) is 1. The number of carbonyl (C=O) groups excluding carboxylic acids is 3. The van der Waals surface area contributed by atoms with Gasteiger partial charge in [-0.25, -0.2) is 4.79 Å². The largest absolute Gasteiger partial charge is 0.480 e. The third-order valence-corrected chi connectivity index (χ3v) is 5.86. The Labute approximate surface area is 198 Å². The van der Waals surface area contributed by atoms with Crippen LogP contribution in [-0.2, 0) is 32.0 Å². The van der Waals surface area contributed by atoms with E-state index < -0.39 is 35.9 Å². The fraction of sp³-hybridized carbons (Fsp3) is 0.360. The third kappa shape index (κ3) is 6.64. The van der Waals surface area contributed by atoms with Crippen molar-refractivity contribution in [2.45, 2.75) is 43.8 Å². The molecule has 1 saturated heterocycles. The third-order valence-electron chi connectivity index (χ3n) is 5.86. The fourth-order valence-electron chi connectivity index (χ4n) is 4.10. The van der Waals surface area contributed by atoms with Gasteiger partial charge in [0, 0.05) is 19.4 Å². The van der Waals surface area contributed by atoms with Crippen LogP contribution in [0.1, 0.15) is 24.0 Å². The van der Waals surface area contributed by atoms with Crippen molar-refractivity contribution in [3.05, 3.63) is 71.8 Å². The summed E-state index contributed by atoms with van der Waals surface area (Å²) in [5.74, 6) is -2.55. The van der Waals surface area contributed by atoms with Crippen LogP contribution in [0.25, 0.3) is 0 Å². The highest BCUT2D eigenvalue weighted by Crippen LogP contribution is 2.18. The van der Waals surface area contributed by atoms with Crippen LogP contribution < -0.4 is 16.4 Å². The van der Waals surface area contributed by atoms with Crippen molar-refractivity contribution in [1.82, 2.24) is 15.5 Å². The molecule has 2 aromatic carbocycles. The number of carboxylic acid groups (broad SMARTS) is 1. The van der Waals surface area contributed by atoms with Crippen molar-refractivity contribution in [2.24, 2.45) is 5.73 Å². The molecule has 1 fully saturated rings. The van der Waals surface area contributed by atoms with E-state index in [-0.39, 0.29) is 25.3 Å². The lowest BCUT2D eigenvalue weighted by atomic mass is 10.0. The molecule has 1 aliphatic heterocycles. The lowest BCUT2D eigenvalue weighted by molar-refractivity contribution is -0.142. The van der Waals surface area contributed by atoms with E-state index in [0.29, 0.717) is 19.4 Å². The highest BCUT2D eigenvalue weighted by Gasteiger charge is 2.36. The second kappa shape index (κ2) is 11.9. The summed E-state index contributed by atoms with van der Waals surface area (Å²) in [7, 11) is 0. The monoisotopic (exact) mass is 466 g/mol. The second-order valence-corrected chi connectivity index (χ2v) is 8.29. The standard InChI is InChI=1S/C25H30N4O5/c26-16-22(30)29-13-7-12-21(29)24(32)27-19(14-17-8-3-1-4-9-17)23(31)28-20(25(33)34)15-18-10-5-2-6-11-18/h1-6,8-11,19-21H,7,12-16,26H2,(H,27,32)(H,28,31)(H,33,34). The molecule has 2 aromatic rings. The van der Waals surface area contributed by atoms with Crippen LogP contribution in [0.3, 0.4) is 0 Å². The number of benzene rings is 2. The fourth-order valence-corrected chi connectivity index (χ4v) is 4.10. The zero-order chi connectivity index (χ0) is 24.5. The minimum atomic E-state index is -1.17. The zero-order valence-corrected chi connectivity index (χ0v) is 18.9. The van der Waals surface area contributed by atoms with Crippen molar-refractivity contribution in [3.63, 3.8) is 0 Å². The number of hydrogen-bond donors (Lipinski definition) is 4. The average Bonchev–Trinajstić information content (AvgIpc) is 3.34. The van der Waals surface area contributed by atoms with Crippen molar-refractivity contribution in [3.8, 4) is 0 Å². The molecule has 180 valence electrons. The average molecular weight is 467 g/mol. The number of aliphatic carboxylic acids is 1. The molecule has 3 rings (SSSR count). The molecule has 9 nitrogen and oxygen atoms in total. The summed E-state index contributed by atoms with van der Waals surface area (Å²) in [6.07, 6.45) is 1.42. The minimum absolute atomic E-state index is 0.106. The van der Waals surface area contributed by atoms with Crippen molar-refractivity contribution in [2.75, 3.05) is 13.1 Å². The van der Waals surface area contributed by atoms with Crippen molar-refractivity contribution < 1.29 is 24.3 Å². The number of likely N-dealkylation sites (tertiary alicyclic amines) is 1. The van der Waals surface area contributed by atoms with E-state index in [1.54, 1.807) is 24.3 Å². The number of carbonyl (C=O) groups is 4. The van der Waals surface area contributed by atoms with Crippen LogP contribution in [0.5, 0.6) is 0 Å². The van der Waals surface area contributed by atoms with Crippen LogP contribution >= 0.6 is 0 Å². The van der Waals surface area contributed by atoms with Gasteiger partial charge in [-0.15, -0.1) is 0 Å². The molecule has 3 amide bonds. The summed E-state index contributed by atoms with van der Waals surface area (Å²) < 4.78 is 0. The Bertz CT molecular complexity index is 999. The van der Waals surface area contributed by atoms with Gasteiger partial charge in [0.15, 0.2) is 0 Å². The van der Waals surface area contributed by atoms with E-state index in [9.17, 15) is 24.3 Å².